The molecule has 1 saturated heterocycles. The fourth-order valence-electron chi connectivity index (χ4n) is 1.89. The van der Waals surface area contributed by atoms with E-state index >= 15 is 0 Å². The smallest absolute Gasteiger partial charge is 0.293 e. The summed E-state index contributed by atoms with van der Waals surface area (Å²) in [6.45, 7) is 3.52. The van der Waals surface area contributed by atoms with Crippen LogP contribution in [0, 0.1) is 0 Å². The van der Waals surface area contributed by atoms with E-state index in [1.54, 1.807) is 13.1 Å². The molecule has 1 aliphatic heterocycles. The molecule has 1 fully saturated rings. The lowest BCUT2D eigenvalue weighted by Gasteiger charge is -2.11. The van der Waals surface area contributed by atoms with Crippen LogP contribution in [0.3, 0.4) is 0 Å². The number of nitrogens with one attached hydrogen (secondary N) is 1. The molecule has 0 saturated carbocycles. The van der Waals surface area contributed by atoms with Crippen molar-refractivity contribution in [3.63, 3.8) is 0 Å². The molecule has 21 heavy (non-hydrogen) atoms. The molecular formula is C15H18N2O3S. The molecule has 2 rings (SSSR count). The van der Waals surface area contributed by atoms with Crippen LogP contribution in [0.2, 0.25) is 0 Å². The predicted molar refractivity (Wildman–Crippen MR) is 84.2 cm³/mol. The second kappa shape index (κ2) is 7.28. The lowest BCUT2D eigenvalue weighted by Crippen LogP contribution is -2.34. The van der Waals surface area contributed by atoms with Gasteiger partial charge in [-0.15, -0.1) is 0 Å². The minimum absolute atomic E-state index is 0.215. The molecular weight excluding hydrogens is 288 g/mol. The average Bonchev–Trinajstić information content (AvgIpc) is 2.74. The van der Waals surface area contributed by atoms with E-state index < -0.39 is 0 Å². The van der Waals surface area contributed by atoms with Crippen LogP contribution >= 0.6 is 11.8 Å². The van der Waals surface area contributed by atoms with E-state index in [-0.39, 0.29) is 11.1 Å². The maximum Gasteiger partial charge on any atom is 0.293 e. The van der Waals surface area contributed by atoms with Crippen molar-refractivity contribution in [1.82, 2.24) is 10.2 Å². The van der Waals surface area contributed by atoms with Gasteiger partial charge in [0, 0.05) is 13.1 Å². The third-order valence-electron chi connectivity index (χ3n) is 2.95. The highest BCUT2D eigenvalue weighted by Gasteiger charge is 2.34. The van der Waals surface area contributed by atoms with E-state index in [0.29, 0.717) is 24.6 Å². The number of likely N-dealkylation sites (N-methyl/N-ethyl adjacent to an activating group) is 1. The number of nitrogens with zero attached hydrogens (tertiary/aromatic N) is 1. The molecule has 0 unspecified atom stereocenters. The largest absolute Gasteiger partial charge is 0.494 e. The molecule has 1 aromatic rings. The first-order valence-corrected chi connectivity index (χ1v) is 7.60. The van der Waals surface area contributed by atoms with Gasteiger partial charge in [-0.2, -0.15) is 0 Å². The number of imide groups is 1. The van der Waals surface area contributed by atoms with Crippen molar-refractivity contribution >= 4 is 29.0 Å². The lowest BCUT2D eigenvalue weighted by molar-refractivity contribution is -0.122. The van der Waals surface area contributed by atoms with Gasteiger partial charge >= 0.3 is 0 Å². The molecule has 1 N–H and O–H groups in total. The summed E-state index contributed by atoms with van der Waals surface area (Å²) in [5, 5.41) is 2.71. The molecule has 2 amide bonds. The molecule has 1 aliphatic rings. The number of carbonyl (C=O) groups is 2. The maximum absolute atomic E-state index is 12.2. The topological polar surface area (TPSA) is 58.6 Å². The number of carbonyl (C=O) groups excluding carboxylic acids is 2. The summed E-state index contributed by atoms with van der Waals surface area (Å²) in [5.41, 5.74) is 0.873. The van der Waals surface area contributed by atoms with Gasteiger partial charge in [0.25, 0.3) is 11.1 Å². The minimum Gasteiger partial charge on any atom is -0.494 e. The summed E-state index contributed by atoms with van der Waals surface area (Å²) >= 11 is 0.981. The van der Waals surface area contributed by atoms with Crippen molar-refractivity contribution in [2.75, 3.05) is 26.7 Å². The molecule has 0 atom stereocenters. The minimum atomic E-state index is -0.228. The van der Waals surface area contributed by atoms with Crippen molar-refractivity contribution in [3.05, 3.63) is 34.7 Å². The van der Waals surface area contributed by atoms with Gasteiger partial charge < -0.3 is 10.1 Å². The standard InChI is InChI=1S/C15H18N2O3S/c1-3-20-12-6-4-11(5-7-12)10-13-14(18)17(9-8-16-2)15(19)21-13/h4-7,10,16H,3,8-9H2,1-2H3/b13-10+. The van der Waals surface area contributed by atoms with Gasteiger partial charge in [-0.05, 0) is 49.5 Å². The highest BCUT2D eigenvalue weighted by Crippen LogP contribution is 2.32. The third kappa shape index (κ3) is 3.86. The summed E-state index contributed by atoms with van der Waals surface area (Å²) in [6.07, 6.45) is 1.74. The molecule has 1 aromatic carbocycles. The number of rotatable bonds is 6. The number of amides is 2. The second-order valence-corrected chi connectivity index (χ2v) is 5.43. The molecule has 0 aliphatic carbocycles. The second-order valence-electron chi connectivity index (χ2n) is 4.44. The summed E-state index contributed by atoms with van der Waals surface area (Å²) in [7, 11) is 1.79. The molecule has 0 aromatic heterocycles. The highest BCUT2D eigenvalue weighted by molar-refractivity contribution is 8.18. The van der Waals surface area contributed by atoms with Crippen LogP contribution in [0.4, 0.5) is 4.79 Å². The van der Waals surface area contributed by atoms with Gasteiger partial charge in [0.05, 0.1) is 11.5 Å². The zero-order valence-corrected chi connectivity index (χ0v) is 12.9. The molecule has 1 heterocycles. The molecule has 0 bridgehead atoms. The Labute approximate surface area is 128 Å². The Kier molecular flexibility index (Phi) is 5.41. The average molecular weight is 306 g/mol. The summed E-state index contributed by atoms with van der Waals surface area (Å²) in [4.78, 5) is 25.7. The van der Waals surface area contributed by atoms with E-state index in [0.717, 1.165) is 23.1 Å². The van der Waals surface area contributed by atoms with Crippen LogP contribution in [0.25, 0.3) is 6.08 Å². The maximum atomic E-state index is 12.2. The van der Waals surface area contributed by atoms with E-state index in [4.69, 9.17) is 4.74 Å². The molecule has 6 heteroatoms. The zero-order chi connectivity index (χ0) is 15.2. The van der Waals surface area contributed by atoms with Crippen LogP contribution < -0.4 is 10.1 Å². The van der Waals surface area contributed by atoms with E-state index in [1.807, 2.05) is 31.2 Å². The van der Waals surface area contributed by atoms with Crippen LogP contribution in [-0.2, 0) is 4.79 Å². The Bertz CT molecular complexity index is 555. The highest BCUT2D eigenvalue weighted by atomic mass is 32.2. The molecule has 0 spiro atoms. The van der Waals surface area contributed by atoms with Gasteiger partial charge in [0.15, 0.2) is 0 Å². The first-order chi connectivity index (χ1) is 10.2. The van der Waals surface area contributed by atoms with Crippen molar-refractivity contribution < 1.29 is 14.3 Å². The van der Waals surface area contributed by atoms with Gasteiger partial charge in [-0.3, -0.25) is 14.5 Å². The normalized spacial score (nSPS) is 16.9. The molecule has 0 radical (unpaired) electrons. The van der Waals surface area contributed by atoms with E-state index in [9.17, 15) is 9.59 Å². The fourth-order valence-corrected chi connectivity index (χ4v) is 2.76. The van der Waals surface area contributed by atoms with E-state index in [2.05, 4.69) is 5.32 Å². The summed E-state index contributed by atoms with van der Waals surface area (Å²) in [6, 6.07) is 7.43. The van der Waals surface area contributed by atoms with Crippen LogP contribution in [-0.4, -0.2) is 42.8 Å². The van der Waals surface area contributed by atoms with Crippen LogP contribution in [0.5, 0.6) is 5.75 Å². The van der Waals surface area contributed by atoms with E-state index in [1.165, 1.54) is 4.90 Å². The monoisotopic (exact) mass is 306 g/mol. The Morgan fingerprint density at radius 3 is 2.62 bits per heavy atom. The number of ether oxygens (including phenoxy) is 1. The Hall–Kier alpha value is -1.79. The molecule has 5 nitrogen and oxygen atoms in total. The SMILES string of the molecule is CCOc1ccc(/C=C2/SC(=O)N(CCNC)C2=O)cc1. The number of thioether (sulfide) groups is 1. The van der Waals surface area contributed by atoms with Crippen molar-refractivity contribution in [2.24, 2.45) is 0 Å². The van der Waals surface area contributed by atoms with Crippen molar-refractivity contribution in [1.29, 1.82) is 0 Å². The predicted octanol–water partition coefficient (Wildman–Crippen LogP) is 2.34. The Balaban J connectivity index is 2.10. The quantitative estimate of drug-likeness (QED) is 0.818. The Morgan fingerprint density at radius 1 is 1.29 bits per heavy atom. The summed E-state index contributed by atoms with van der Waals surface area (Å²) < 4.78 is 5.37. The summed E-state index contributed by atoms with van der Waals surface area (Å²) in [5.74, 6) is 0.561. The fraction of sp³-hybridized carbons (Fsp3) is 0.333. The van der Waals surface area contributed by atoms with Gasteiger partial charge in [-0.1, -0.05) is 12.1 Å². The van der Waals surface area contributed by atoms with Crippen LogP contribution in [0.15, 0.2) is 29.2 Å². The van der Waals surface area contributed by atoms with Gasteiger partial charge in [-0.25, -0.2) is 0 Å². The van der Waals surface area contributed by atoms with Gasteiger partial charge in [0.2, 0.25) is 0 Å². The lowest BCUT2D eigenvalue weighted by atomic mass is 10.2. The number of hydrogen-bond donors (Lipinski definition) is 1. The van der Waals surface area contributed by atoms with Crippen molar-refractivity contribution in [3.8, 4) is 5.75 Å². The Morgan fingerprint density at radius 2 is 2.00 bits per heavy atom. The third-order valence-corrected chi connectivity index (χ3v) is 3.86. The van der Waals surface area contributed by atoms with Crippen molar-refractivity contribution in [2.45, 2.75) is 6.92 Å². The van der Waals surface area contributed by atoms with Gasteiger partial charge in [0.1, 0.15) is 5.75 Å². The molecule has 112 valence electrons. The zero-order valence-electron chi connectivity index (χ0n) is 12.1. The first-order valence-electron chi connectivity index (χ1n) is 6.78. The first kappa shape index (κ1) is 15.6. The number of benzene rings is 1. The van der Waals surface area contributed by atoms with Crippen LogP contribution in [0.1, 0.15) is 12.5 Å². The number of hydrogen-bond acceptors (Lipinski definition) is 5.